The van der Waals surface area contributed by atoms with Gasteiger partial charge in [-0.15, -0.1) is 0 Å². The lowest BCUT2D eigenvalue weighted by molar-refractivity contribution is -0.140. The van der Waals surface area contributed by atoms with E-state index in [1.807, 2.05) is 12.1 Å². The van der Waals surface area contributed by atoms with Crippen LogP contribution >= 0.6 is 0 Å². The normalized spacial score (nSPS) is 13.2. The van der Waals surface area contributed by atoms with E-state index in [2.05, 4.69) is 13.2 Å². The summed E-state index contributed by atoms with van der Waals surface area (Å²) in [5.74, 6) is -0.270. The molecule has 0 radical (unpaired) electrons. The van der Waals surface area contributed by atoms with E-state index in [9.17, 15) is 9.59 Å². The van der Waals surface area contributed by atoms with Gasteiger partial charge in [-0.25, -0.2) is 9.59 Å². The Labute approximate surface area is 164 Å². The Morgan fingerprint density at radius 2 is 2.00 bits per heavy atom. The van der Waals surface area contributed by atoms with Crippen molar-refractivity contribution in [3.05, 3.63) is 59.2 Å². The molecule has 0 N–H and O–H groups in total. The predicted molar refractivity (Wildman–Crippen MR) is 103 cm³/mol. The molecule has 146 valence electrons. The number of carbonyl (C=O) groups is 2. The molecule has 0 aromatic carbocycles. The van der Waals surface area contributed by atoms with Gasteiger partial charge in [-0.1, -0.05) is 13.2 Å². The number of cyclic esters (lactones) is 1. The highest BCUT2D eigenvalue weighted by molar-refractivity contribution is 6.05. The summed E-state index contributed by atoms with van der Waals surface area (Å²) >= 11 is 0. The number of carbonyl (C=O) groups excluding carboxylic acids is 2. The van der Waals surface area contributed by atoms with Crippen molar-refractivity contribution in [3.8, 4) is 5.75 Å². The monoisotopic (exact) mass is 392 g/mol. The van der Waals surface area contributed by atoms with Gasteiger partial charge in [0.15, 0.2) is 11.3 Å². The first kappa shape index (κ1) is 17.4. The first-order valence-corrected chi connectivity index (χ1v) is 8.95. The van der Waals surface area contributed by atoms with E-state index in [0.29, 0.717) is 44.8 Å². The molecule has 0 saturated heterocycles. The average Bonchev–Trinajstić information content (AvgIpc) is 3.48. The Hall–Kier alpha value is -3.74. The molecule has 0 unspecified atom stereocenters. The molecule has 7 heteroatoms. The van der Waals surface area contributed by atoms with Crippen molar-refractivity contribution in [2.45, 2.75) is 20.1 Å². The molecule has 0 spiro atoms. The van der Waals surface area contributed by atoms with Crippen molar-refractivity contribution in [3.63, 3.8) is 0 Å². The SMILES string of the molecule is C=C(C)C(=O)OCc1cc2cc(C(=C)COc3cc4oc3c3c4C(=O)OC3)c1o2. The van der Waals surface area contributed by atoms with Crippen LogP contribution in [-0.2, 0) is 27.5 Å². The molecule has 4 aromatic rings. The minimum atomic E-state index is -0.451. The number of benzene rings is 2. The van der Waals surface area contributed by atoms with Crippen LogP contribution in [0.25, 0.3) is 27.9 Å². The van der Waals surface area contributed by atoms with Gasteiger partial charge in [0.1, 0.15) is 42.1 Å². The van der Waals surface area contributed by atoms with Crippen LogP contribution in [0.1, 0.15) is 34.0 Å². The number of esters is 2. The van der Waals surface area contributed by atoms with Crippen LogP contribution in [0.4, 0.5) is 0 Å². The van der Waals surface area contributed by atoms with Gasteiger partial charge in [-0.05, 0) is 24.6 Å². The predicted octanol–water partition coefficient (Wildman–Crippen LogP) is 4.44. The van der Waals surface area contributed by atoms with Gasteiger partial charge in [0.25, 0.3) is 0 Å². The van der Waals surface area contributed by atoms with E-state index in [0.717, 1.165) is 16.7 Å². The topological polar surface area (TPSA) is 88.1 Å². The van der Waals surface area contributed by atoms with E-state index < -0.39 is 5.97 Å². The van der Waals surface area contributed by atoms with Gasteiger partial charge in [-0.2, -0.15) is 0 Å². The Bertz CT molecular complexity index is 1290. The van der Waals surface area contributed by atoms with E-state index in [-0.39, 0.29) is 25.8 Å². The second-order valence-electron chi connectivity index (χ2n) is 7.04. The molecule has 7 nitrogen and oxygen atoms in total. The van der Waals surface area contributed by atoms with Gasteiger partial charge in [0, 0.05) is 22.8 Å². The van der Waals surface area contributed by atoms with Crippen LogP contribution in [0, 0.1) is 0 Å². The Morgan fingerprint density at radius 3 is 2.76 bits per heavy atom. The lowest BCUT2D eigenvalue weighted by Crippen LogP contribution is -2.05. The summed E-state index contributed by atoms with van der Waals surface area (Å²) in [5.41, 5.74) is 6.09. The van der Waals surface area contributed by atoms with Crippen LogP contribution in [0.5, 0.6) is 5.75 Å². The molecule has 5 rings (SSSR count). The number of ether oxygens (including phenoxy) is 3. The first-order chi connectivity index (χ1) is 13.9. The third-order valence-corrected chi connectivity index (χ3v) is 4.92. The van der Waals surface area contributed by atoms with Crippen LogP contribution in [0.3, 0.4) is 0 Å². The van der Waals surface area contributed by atoms with Crippen LogP contribution in [-0.4, -0.2) is 18.5 Å². The summed E-state index contributed by atoms with van der Waals surface area (Å²) in [7, 11) is 0. The number of furan rings is 4. The fraction of sp³-hybridized carbons (Fsp3) is 0.182. The zero-order chi connectivity index (χ0) is 20.3. The molecule has 0 fully saturated rings. The van der Waals surface area contributed by atoms with Gasteiger partial charge in [0.2, 0.25) is 0 Å². The molecule has 1 aliphatic rings. The highest BCUT2D eigenvalue weighted by Gasteiger charge is 2.33. The maximum atomic E-state index is 11.7. The third-order valence-electron chi connectivity index (χ3n) is 4.92. The largest absolute Gasteiger partial charge is 0.485 e. The molecule has 1 aliphatic heterocycles. The van der Waals surface area contributed by atoms with Crippen molar-refractivity contribution in [2.75, 3.05) is 6.61 Å². The van der Waals surface area contributed by atoms with Gasteiger partial charge >= 0.3 is 11.9 Å². The molecule has 29 heavy (non-hydrogen) atoms. The van der Waals surface area contributed by atoms with Gasteiger partial charge < -0.3 is 23.0 Å². The first-order valence-electron chi connectivity index (χ1n) is 8.95. The Balaban J connectivity index is 1.30. The molecular formula is C22H16O7. The Morgan fingerprint density at radius 1 is 1.17 bits per heavy atom. The van der Waals surface area contributed by atoms with E-state index in [4.69, 9.17) is 23.0 Å². The summed E-state index contributed by atoms with van der Waals surface area (Å²) in [6.07, 6.45) is 0. The summed E-state index contributed by atoms with van der Waals surface area (Å²) in [6.45, 7) is 9.74. The lowest BCUT2D eigenvalue weighted by atomic mass is 10.1. The van der Waals surface area contributed by atoms with Gasteiger partial charge in [0.05, 0.1) is 5.56 Å². The van der Waals surface area contributed by atoms with Crippen molar-refractivity contribution >= 4 is 39.8 Å². The van der Waals surface area contributed by atoms with Crippen LogP contribution in [0.2, 0.25) is 0 Å². The van der Waals surface area contributed by atoms with Crippen LogP contribution < -0.4 is 4.74 Å². The van der Waals surface area contributed by atoms with Crippen molar-refractivity contribution in [1.82, 2.24) is 0 Å². The average molecular weight is 392 g/mol. The molecule has 0 amide bonds. The summed E-state index contributed by atoms with van der Waals surface area (Å²) < 4.78 is 27.4. The molecular weight excluding hydrogens is 376 g/mol. The summed E-state index contributed by atoms with van der Waals surface area (Å²) in [4.78, 5) is 23.3. The standard InChI is InChI=1S/C22H16O7/c1-10(2)21(23)26-8-12-4-13-5-14(19(12)28-13)11(3)7-25-17-6-16-18-15(20(17)29-16)9-27-22(18)24/h4-6H,1,3,7-9H2,2H3. The number of rotatable bonds is 7. The van der Waals surface area contributed by atoms with E-state index in [1.165, 1.54) is 0 Å². The maximum Gasteiger partial charge on any atom is 0.342 e. The summed E-state index contributed by atoms with van der Waals surface area (Å²) in [5, 5.41) is 0. The fourth-order valence-corrected chi connectivity index (χ4v) is 3.48. The third kappa shape index (κ3) is 2.66. The Kier molecular flexibility index (Phi) is 3.67. The summed E-state index contributed by atoms with van der Waals surface area (Å²) in [6, 6.07) is 5.37. The molecule has 4 bridgehead atoms. The van der Waals surface area contributed by atoms with Crippen LogP contribution in [0.15, 0.2) is 45.8 Å². The second-order valence-corrected chi connectivity index (χ2v) is 7.04. The number of hydrogen-bond donors (Lipinski definition) is 0. The zero-order valence-electron chi connectivity index (χ0n) is 15.6. The molecule has 5 heterocycles. The number of fused-ring (bicyclic) bond motifs is 7. The van der Waals surface area contributed by atoms with Crippen molar-refractivity contribution in [2.24, 2.45) is 0 Å². The zero-order valence-corrected chi connectivity index (χ0v) is 15.6. The molecule has 0 atom stereocenters. The lowest BCUT2D eigenvalue weighted by Gasteiger charge is -2.08. The maximum absolute atomic E-state index is 11.7. The highest BCUT2D eigenvalue weighted by Crippen LogP contribution is 2.41. The fourth-order valence-electron chi connectivity index (χ4n) is 3.48. The minimum Gasteiger partial charge on any atom is -0.485 e. The van der Waals surface area contributed by atoms with Crippen molar-refractivity contribution in [1.29, 1.82) is 0 Å². The minimum absolute atomic E-state index is 0.0935. The molecule has 4 aromatic heterocycles. The van der Waals surface area contributed by atoms with E-state index >= 15 is 0 Å². The smallest absolute Gasteiger partial charge is 0.342 e. The quantitative estimate of drug-likeness (QED) is 0.339. The number of hydrogen-bond acceptors (Lipinski definition) is 7. The molecule has 0 saturated carbocycles. The second kappa shape index (κ2) is 6.13. The molecule has 0 aliphatic carbocycles. The van der Waals surface area contributed by atoms with Crippen molar-refractivity contribution < 1.29 is 32.6 Å². The van der Waals surface area contributed by atoms with Gasteiger partial charge in [-0.3, -0.25) is 0 Å². The highest BCUT2D eigenvalue weighted by atomic mass is 16.5. The van der Waals surface area contributed by atoms with E-state index in [1.54, 1.807) is 13.0 Å².